The Morgan fingerprint density at radius 2 is 2.26 bits per heavy atom. The highest BCUT2D eigenvalue weighted by Gasteiger charge is 2.06. The molecule has 1 N–H and O–H groups in total. The summed E-state index contributed by atoms with van der Waals surface area (Å²) >= 11 is 1.66. The van der Waals surface area contributed by atoms with Gasteiger partial charge in [-0.05, 0) is 25.1 Å². The number of rotatable bonds is 4. The molecule has 6 heteroatoms. The van der Waals surface area contributed by atoms with Gasteiger partial charge >= 0.3 is 0 Å². The third kappa shape index (κ3) is 2.63. The standard InChI is InChI=1S/C13H13N5S/c1-10-17-11(9-19-10)8-15-12-4-2-5-14-13(12)18-7-3-6-16-18/h2-7,9,15H,8H2,1H3. The Morgan fingerprint density at radius 3 is 3.00 bits per heavy atom. The SMILES string of the molecule is Cc1nc(CNc2cccnc2-n2cccn2)cs1. The van der Waals surface area contributed by atoms with Crippen LogP contribution in [-0.4, -0.2) is 19.7 Å². The van der Waals surface area contributed by atoms with E-state index < -0.39 is 0 Å². The van der Waals surface area contributed by atoms with Crippen LogP contribution >= 0.6 is 11.3 Å². The third-order valence-corrected chi connectivity index (χ3v) is 3.46. The summed E-state index contributed by atoms with van der Waals surface area (Å²) < 4.78 is 1.74. The Kier molecular flexibility index (Phi) is 3.24. The lowest BCUT2D eigenvalue weighted by atomic mass is 10.3. The van der Waals surface area contributed by atoms with Gasteiger partial charge in [0, 0.05) is 24.0 Å². The molecule has 0 amide bonds. The number of pyridine rings is 1. The van der Waals surface area contributed by atoms with Crippen LogP contribution in [0.3, 0.4) is 0 Å². The lowest BCUT2D eigenvalue weighted by Gasteiger charge is -2.09. The molecule has 0 radical (unpaired) electrons. The first-order chi connectivity index (χ1) is 9.33. The van der Waals surface area contributed by atoms with Crippen molar-refractivity contribution < 1.29 is 0 Å². The first kappa shape index (κ1) is 11.9. The van der Waals surface area contributed by atoms with Gasteiger partial charge in [-0.25, -0.2) is 14.6 Å². The van der Waals surface area contributed by atoms with E-state index in [1.807, 2.05) is 31.3 Å². The average Bonchev–Trinajstić information content (AvgIpc) is 3.08. The maximum absolute atomic E-state index is 4.43. The molecular formula is C13H13N5S. The lowest BCUT2D eigenvalue weighted by molar-refractivity contribution is 0.845. The maximum atomic E-state index is 4.43. The van der Waals surface area contributed by atoms with Crippen LogP contribution < -0.4 is 5.32 Å². The van der Waals surface area contributed by atoms with E-state index in [0.29, 0.717) is 6.54 Å². The van der Waals surface area contributed by atoms with Crippen molar-refractivity contribution >= 4 is 17.0 Å². The van der Waals surface area contributed by atoms with Gasteiger partial charge in [0.15, 0.2) is 5.82 Å². The number of aromatic nitrogens is 4. The van der Waals surface area contributed by atoms with Crippen LogP contribution in [0.2, 0.25) is 0 Å². The quantitative estimate of drug-likeness (QED) is 0.792. The summed E-state index contributed by atoms with van der Waals surface area (Å²) in [5.74, 6) is 0.791. The zero-order valence-corrected chi connectivity index (χ0v) is 11.3. The van der Waals surface area contributed by atoms with Crippen molar-refractivity contribution in [2.75, 3.05) is 5.32 Å². The van der Waals surface area contributed by atoms with Crippen LogP contribution in [0.4, 0.5) is 5.69 Å². The highest BCUT2D eigenvalue weighted by atomic mass is 32.1. The Bertz CT molecular complexity index is 659. The minimum atomic E-state index is 0.685. The molecule has 3 rings (SSSR count). The first-order valence-corrected chi connectivity index (χ1v) is 6.81. The van der Waals surface area contributed by atoms with E-state index in [1.54, 1.807) is 28.4 Å². The molecule has 0 spiro atoms. The van der Waals surface area contributed by atoms with Crippen molar-refractivity contribution in [3.05, 3.63) is 52.9 Å². The van der Waals surface area contributed by atoms with Crippen LogP contribution in [0.1, 0.15) is 10.7 Å². The Labute approximate surface area is 115 Å². The molecule has 0 aliphatic rings. The molecule has 0 unspecified atom stereocenters. The van der Waals surface area contributed by atoms with Gasteiger partial charge in [0.1, 0.15) is 0 Å². The minimum Gasteiger partial charge on any atom is -0.376 e. The summed E-state index contributed by atoms with van der Waals surface area (Å²) in [5, 5.41) is 10.7. The Balaban J connectivity index is 1.81. The largest absolute Gasteiger partial charge is 0.376 e. The normalized spacial score (nSPS) is 10.6. The predicted octanol–water partition coefficient (Wildman–Crippen LogP) is 2.64. The predicted molar refractivity (Wildman–Crippen MR) is 75.5 cm³/mol. The van der Waals surface area contributed by atoms with Gasteiger partial charge in [-0.1, -0.05) is 0 Å². The van der Waals surface area contributed by atoms with Gasteiger partial charge < -0.3 is 5.32 Å². The third-order valence-electron chi connectivity index (χ3n) is 2.63. The molecule has 96 valence electrons. The van der Waals surface area contributed by atoms with Gasteiger partial charge in [0.05, 0.1) is 22.9 Å². The van der Waals surface area contributed by atoms with Gasteiger partial charge in [0.2, 0.25) is 0 Å². The number of nitrogens with zero attached hydrogens (tertiary/aromatic N) is 4. The molecule has 0 fully saturated rings. The molecule has 0 saturated heterocycles. The van der Waals surface area contributed by atoms with Crippen molar-refractivity contribution in [3.8, 4) is 5.82 Å². The van der Waals surface area contributed by atoms with E-state index >= 15 is 0 Å². The van der Waals surface area contributed by atoms with Crippen LogP contribution in [0.25, 0.3) is 5.82 Å². The van der Waals surface area contributed by atoms with Crippen LogP contribution in [0.5, 0.6) is 0 Å². The molecule has 0 saturated carbocycles. The molecule has 19 heavy (non-hydrogen) atoms. The summed E-state index contributed by atoms with van der Waals surface area (Å²) in [5.41, 5.74) is 1.98. The highest BCUT2D eigenvalue weighted by molar-refractivity contribution is 7.09. The molecule has 3 heterocycles. The van der Waals surface area contributed by atoms with Gasteiger partial charge in [0.25, 0.3) is 0 Å². The Morgan fingerprint density at radius 1 is 1.32 bits per heavy atom. The van der Waals surface area contributed by atoms with Crippen LogP contribution in [-0.2, 0) is 6.54 Å². The molecule has 0 atom stereocenters. The van der Waals surface area contributed by atoms with E-state index in [9.17, 15) is 0 Å². The zero-order valence-electron chi connectivity index (χ0n) is 10.4. The molecule has 3 aromatic rings. The first-order valence-electron chi connectivity index (χ1n) is 5.93. The molecule has 0 bridgehead atoms. The second kappa shape index (κ2) is 5.19. The fourth-order valence-corrected chi connectivity index (χ4v) is 2.40. The highest BCUT2D eigenvalue weighted by Crippen LogP contribution is 2.17. The van der Waals surface area contributed by atoms with Gasteiger partial charge in [-0.15, -0.1) is 11.3 Å². The molecular weight excluding hydrogens is 258 g/mol. The maximum Gasteiger partial charge on any atom is 0.176 e. The number of hydrogen-bond acceptors (Lipinski definition) is 5. The van der Waals surface area contributed by atoms with Crippen molar-refractivity contribution in [2.45, 2.75) is 13.5 Å². The summed E-state index contributed by atoms with van der Waals surface area (Å²) in [6.45, 7) is 2.69. The summed E-state index contributed by atoms with van der Waals surface area (Å²) in [6.07, 6.45) is 5.37. The van der Waals surface area contributed by atoms with E-state index in [2.05, 4.69) is 25.8 Å². The molecule has 0 aromatic carbocycles. The lowest BCUT2D eigenvalue weighted by Crippen LogP contribution is -2.06. The number of hydrogen-bond donors (Lipinski definition) is 1. The summed E-state index contributed by atoms with van der Waals surface area (Å²) in [7, 11) is 0. The summed E-state index contributed by atoms with van der Waals surface area (Å²) in [4.78, 5) is 8.79. The number of aryl methyl sites for hydroxylation is 1. The molecule has 5 nitrogen and oxygen atoms in total. The van der Waals surface area contributed by atoms with Crippen LogP contribution in [0, 0.1) is 6.92 Å². The fourth-order valence-electron chi connectivity index (χ4n) is 1.79. The monoisotopic (exact) mass is 271 g/mol. The summed E-state index contributed by atoms with van der Waals surface area (Å²) in [6, 6.07) is 5.77. The number of anilines is 1. The molecule has 0 aliphatic carbocycles. The zero-order chi connectivity index (χ0) is 13.1. The van der Waals surface area contributed by atoms with Crippen molar-refractivity contribution in [1.29, 1.82) is 0 Å². The smallest absolute Gasteiger partial charge is 0.176 e. The number of nitrogens with one attached hydrogen (secondary N) is 1. The van der Waals surface area contributed by atoms with E-state index in [-0.39, 0.29) is 0 Å². The fraction of sp³-hybridized carbons (Fsp3) is 0.154. The van der Waals surface area contributed by atoms with Crippen molar-refractivity contribution in [2.24, 2.45) is 0 Å². The molecule has 3 aromatic heterocycles. The molecule has 0 aliphatic heterocycles. The minimum absolute atomic E-state index is 0.685. The number of thiazole rings is 1. The topological polar surface area (TPSA) is 55.6 Å². The second-order valence-electron chi connectivity index (χ2n) is 4.04. The van der Waals surface area contributed by atoms with Crippen LogP contribution in [0.15, 0.2) is 42.2 Å². The Hall–Kier alpha value is -2.21. The average molecular weight is 271 g/mol. The second-order valence-corrected chi connectivity index (χ2v) is 5.10. The van der Waals surface area contributed by atoms with Crippen molar-refractivity contribution in [3.63, 3.8) is 0 Å². The van der Waals surface area contributed by atoms with Gasteiger partial charge in [-0.3, -0.25) is 0 Å². The van der Waals surface area contributed by atoms with E-state index in [4.69, 9.17) is 0 Å². The van der Waals surface area contributed by atoms with E-state index in [0.717, 1.165) is 22.2 Å². The van der Waals surface area contributed by atoms with E-state index in [1.165, 1.54) is 0 Å². The van der Waals surface area contributed by atoms with Crippen molar-refractivity contribution in [1.82, 2.24) is 19.7 Å². The van der Waals surface area contributed by atoms with Gasteiger partial charge in [-0.2, -0.15) is 5.10 Å².